The van der Waals surface area contributed by atoms with E-state index in [0.717, 1.165) is 30.4 Å². The fourth-order valence-electron chi connectivity index (χ4n) is 3.32. The van der Waals surface area contributed by atoms with E-state index in [9.17, 15) is 0 Å². The third-order valence-corrected chi connectivity index (χ3v) is 4.58. The van der Waals surface area contributed by atoms with Gasteiger partial charge in [-0.2, -0.15) is 0 Å². The van der Waals surface area contributed by atoms with Crippen LogP contribution in [0.1, 0.15) is 19.3 Å². The number of anilines is 2. The molecule has 0 aromatic heterocycles. The summed E-state index contributed by atoms with van der Waals surface area (Å²) in [5.74, 6) is 1.57. The minimum Gasteiger partial charge on any atom is -0.383 e. The van der Waals surface area contributed by atoms with Gasteiger partial charge in [0.15, 0.2) is 0 Å². The molecule has 5 heteroatoms. The predicted octanol–water partition coefficient (Wildman–Crippen LogP) is 3.53. The Bertz CT molecular complexity index is 763. The highest BCUT2D eigenvalue weighted by atomic mass is 15.6. The normalized spacial score (nSPS) is 18.0. The lowest BCUT2D eigenvalue weighted by atomic mass is 10.1. The Morgan fingerprint density at radius 3 is 2.00 bits per heavy atom. The van der Waals surface area contributed by atoms with Crippen molar-refractivity contribution in [3.05, 3.63) is 72.7 Å². The quantitative estimate of drug-likeness (QED) is 0.913. The molecule has 0 bridgehead atoms. The van der Waals surface area contributed by atoms with E-state index in [1.807, 2.05) is 64.6 Å². The molecule has 5 nitrogen and oxygen atoms in total. The second kappa shape index (κ2) is 6.89. The number of nitrogens with zero attached hydrogens (tertiary/aromatic N) is 4. The maximum Gasteiger partial charge on any atom is 0.230 e. The molecule has 2 aliphatic rings. The van der Waals surface area contributed by atoms with Crippen molar-refractivity contribution >= 4 is 17.3 Å². The zero-order valence-corrected chi connectivity index (χ0v) is 14.3. The summed E-state index contributed by atoms with van der Waals surface area (Å²) in [7, 11) is 0. The van der Waals surface area contributed by atoms with Gasteiger partial charge in [0.1, 0.15) is 5.82 Å². The Balaban J connectivity index is 1.75. The van der Waals surface area contributed by atoms with Crippen molar-refractivity contribution in [2.75, 3.05) is 23.0 Å². The highest BCUT2D eigenvalue weighted by Gasteiger charge is 2.28. The highest BCUT2D eigenvalue weighted by Crippen LogP contribution is 2.27. The Kier molecular flexibility index (Phi) is 4.29. The van der Waals surface area contributed by atoms with E-state index in [2.05, 4.69) is 17.0 Å². The van der Waals surface area contributed by atoms with Gasteiger partial charge in [-0.05, 0) is 43.5 Å². The first-order chi connectivity index (χ1) is 12.3. The molecule has 0 saturated carbocycles. The second-order valence-corrected chi connectivity index (χ2v) is 6.35. The molecule has 1 saturated heterocycles. The molecule has 0 atom stereocenters. The first-order valence-corrected chi connectivity index (χ1v) is 8.83. The molecule has 0 spiro atoms. The number of nitrogens with two attached hydrogens (primary N) is 1. The Labute approximate surface area is 148 Å². The van der Waals surface area contributed by atoms with Gasteiger partial charge in [0.2, 0.25) is 5.96 Å². The lowest BCUT2D eigenvalue weighted by Gasteiger charge is -2.39. The molecule has 2 heterocycles. The average Bonchev–Trinajstić information content (AvgIpc) is 2.69. The van der Waals surface area contributed by atoms with Crippen molar-refractivity contribution in [1.29, 1.82) is 0 Å². The Morgan fingerprint density at radius 1 is 0.760 bits per heavy atom. The number of para-hydroxylation sites is 2. The maximum absolute atomic E-state index is 6.47. The van der Waals surface area contributed by atoms with Crippen LogP contribution in [-0.4, -0.2) is 23.9 Å². The molecule has 4 rings (SSSR count). The number of rotatable bonds is 2. The molecule has 0 amide bonds. The van der Waals surface area contributed by atoms with Crippen LogP contribution in [0.5, 0.6) is 0 Å². The van der Waals surface area contributed by atoms with Crippen LogP contribution in [0.15, 0.2) is 77.8 Å². The van der Waals surface area contributed by atoms with Crippen LogP contribution >= 0.6 is 0 Å². The van der Waals surface area contributed by atoms with E-state index in [1.54, 1.807) is 0 Å². The SMILES string of the molecule is NC1=CN(c2ccccc2)N=C(N2CCCCC2)N1c1ccccc1. The zero-order valence-electron chi connectivity index (χ0n) is 14.3. The average molecular weight is 333 g/mol. The first-order valence-electron chi connectivity index (χ1n) is 8.83. The van der Waals surface area contributed by atoms with E-state index in [0.29, 0.717) is 5.82 Å². The number of likely N-dealkylation sites (tertiary alicyclic amines) is 1. The van der Waals surface area contributed by atoms with Crippen molar-refractivity contribution in [1.82, 2.24) is 4.90 Å². The van der Waals surface area contributed by atoms with E-state index in [4.69, 9.17) is 10.8 Å². The summed E-state index contributed by atoms with van der Waals surface area (Å²) in [6, 6.07) is 20.3. The van der Waals surface area contributed by atoms with Crippen molar-refractivity contribution in [2.24, 2.45) is 10.8 Å². The van der Waals surface area contributed by atoms with E-state index >= 15 is 0 Å². The van der Waals surface area contributed by atoms with E-state index in [-0.39, 0.29) is 0 Å². The third kappa shape index (κ3) is 3.18. The number of hydrazone groups is 1. The number of hydrogen-bond acceptors (Lipinski definition) is 5. The zero-order chi connectivity index (χ0) is 17.1. The summed E-state index contributed by atoms with van der Waals surface area (Å²) >= 11 is 0. The van der Waals surface area contributed by atoms with Crippen LogP contribution in [-0.2, 0) is 0 Å². The molecule has 2 N–H and O–H groups in total. The van der Waals surface area contributed by atoms with Gasteiger partial charge in [-0.15, -0.1) is 5.10 Å². The summed E-state index contributed by atoms with van der Waals surface area (Å²) in [6.07, 6.45) is 5.55. The first kappa shape index (κ1) is 15.6. The predicted molar refractivity (Wildman–Crippen MR) is 103 cm³/mol. The van der Waals surface area contributed by atoms with Gasteiger partial charge in [0.25, 0.3) is 0 Å². The molecular formula is C20H23N5. The van der Waals surface area contributed by atoms with Crippen LogP contribution < -0.4 is 15.6 Å². The highest BCUT2D eigenvalue weighted by molar-refractivity contribution is 6.00. The van der Waals surface area contributed by atoms with Crippen molar-refractivity contribution < 1.29 is 0 Å². The molecule has 2 aromatic carbocycles. The largest absolute Gasteiger partial charge is 0.383 e. The van der Waals surface area contributed by atoms with Crippen LogP contribution in [0, 0.1) is 0 Å². The molecule has 128 valence electrons. The van der Waals surface area contributed by atoms with E-state index in [1.165, 1.54) is 19.3 Å². The monoisotopic (exact) mass is 333 g/mol. The summed E-state index contributed by atoms with van der Waals surface area (Å²) in [6.45, 7) is 2.02. The minimum absolute atomic E-state index is 0.672. The lowest BCUT2D eigenvalue weighted by Crippen LogP contribution is -2.51. The van der Waals surface area contributed by atoms with Crippen molar-refractivity contribution in [2.45, 2.75) is 19.3 Å². The van der Waals surface area contributed by atoms with Crippen LogP contribution in [0.3, 0.4) is 0 Å². The van der Waals surface area contributed by atoms with Crippen molar-refractivity contribution in [3.8, 4) is 0 Å². The topological polar surface area (TPSA) is 48.1 Å². The fraction of sp³-hybridized carbons (Fsp3) is 0.250. The van der Waals surface area contributed by atoms with Gasteiger partial charge >= 0.3 is 0 Å². The van der Waals surface area contributed by atoms with Crippen molar-refractivity contribution in [3.63, 3.8) is 0 Å². The number of hydrogen-bond donors (Lipinski definition) is 1. The summed E-state index contributed by atoms with van der Waals surface area (Å²) in [5, 5.41) is 6.80. The number of piperidine rings is 1. The second-order valence-electron chi connectivity index (χ2n) is 6.35. The smallest absolute Gasteiger partial charge is 0.230 e. The molecule has 1 fully saturated rings. The van der Waals surface area contributed by atoms with Gasteiger partial charge in [0.05, 0.1) is 17.6 Å². The Hall–Kier alpha value is -2.95. The van der Waals surface area contributed by atoms with Gasteiger partial charge in [-0.3, -0.25) is 4.90 Å². The third-order valence-electron chi connectivity index (χ3n) is 4.58. The fourth-order valence-corrected chi connectivity index (χ4v) is 3.32. The summed E-state index contributed by atoms with van der Waals surface area (Å²) in [5.41, 5.74) is 8.52. The van der Waals surface area contributed by atoms with Crippen LogP contribution in [0.4, 0.5) is 11.4 Å². The van der Waals surface area contributed by atoms with Crippen LogP contribution in [0.2, 0.25) is 0 Å². The Morgan fingerprint density at radius 2 is 1.36 bits per heavy atom. The molecule has 2 aliphatic heterocycles. The molecule has 25 heavy (non-hydrogen) atoms. The molecule has 0 unspecified atom stereocenters. The van der Waals surface area contributed by atoms with Gasteiger partial charge in [-0.1, -0.05) is 36.4 Å². The molecule has 2 aromatic rings. The van der Waals surface area contributed by atoms with Crippen LogP contribution in [0.25, 0.3) is 0 Å². The molecule has 0 aliphatic carbocycles. The van der Waals surface area contributed by atoms with Gasteiger partial charge in [-0.25, -0.2) is 5.01 Å². The standard InChI is InChI=1S/C20H23N5/c21-19-16-24(17-10-4-1-5-11-17)22-20(23-14-8-3-9-15-23)25(19)18-12-6-2-7-13-18/h1-2,4-7,10-13,16H,3,8-9,14-15,21H2. The molecule has 0 radical (unpaired) electrons. The summed E-state index contributed by atoms with van der Waals surface area (Å²) in [4.78, 5) is 4.39. The van der Waals surface area contributed by atoms with Gasteiger partial charge in [0, 0.05) is 13.1 Å². The van der Waals surface area contributed by atoms with E-state index < -0.39 is 0 Å². The minimum atomic E-state index is 0.672. The number of benzene rings is 2. The van der Waals surface area contributed by atoms with Gasteiger partial charge < -0.3 is 10.6 Å². The maximum atomic E-state index is 6.47. The number of guanidine groups is 1. The summed E-state index contributed by atoms with van der Waals surface area (Å²) < 4.78 is 0. The lowest BCUT2D eigenvalue weighted by molar-refractivity contribution is 0.336. The molecular weight excluding hydrogens is 310 g/mol.